The van der Waals surface area contributed by atoms with Crippen LogP contribution in [0.1, 0.15) is 11.1 Å². The van der Waals surface area contributed by atoms with Crippen molar-refractivity contribution in [1.29, 1.82) is 0 Å². The second-order valence-corrected chi connectivity index (χ2v) is 3.95. The predicted octanol–water partition coefficient (Wildman–Crippen LogP) is 3.89. The number of anilines is 1. The van der Waals surface area contributed by atoms with Gasteiger partial charge in [-0.25, -0.2) is 8.78 Å². The Hall–Kier alpha value is -1.90. The average molecular weight is 233 g/mol. The maximum absolute atomic E-state index is 13.3. The topological polar surface area (TPSA) is 12.0 Å². The Labute approximate surface area is 99.1 Å². The summed E-state index contributed by atoms with van der Waals surface area (Å²) in [6.07, 6.45) is 0. The molecule has 0 aliphatic carbocycles. The molecular formula is C14H13F2N. The van der Waals surface area contributed by atoms with Crippen LogP contribution in [-0.2, 0) is 6.54 Å². The van der Waals surface area contributed by atoms with E-state index in [0.717, 1.165) is 5.56 Å². The Morgan fingerprint density at radius 1 is 1.06 bits per heavy atom. The van der Waals surface area contributed by atoms with Crippen molar-refractivity contribution in [3.8, 4) is 0 Å². The smallest absolute Gasteiger partial charge is 0.128 e. The Kier molecular flexibility index (Phi) is 3.38. The molecule has 0 aliphatic heterocycles. The molecule has 2 aromatic carbocycles. The van der Waals surface area contributed by atoms with E-state index in [1.165, 1.54) is 18.2 Å². The molecule has 0 bridgehead atoms. The number of aryl methyl sites for hydroxylation is 1. The third-order valence-corrected chi connectivity index (χ3v) is 2.56. The predicted molar refractivity (Wildman–Crippen MR) is 64.9 cm³/mol. The largest absolute Gasteiger partial charge is 0.381 e. The first-order valence-corrected chi connectivity index (χ1v) is 5.39. The number of rotatable bonds is 3. The van der Waals surface area contributed by atoms with Crippen LogP contribution in [0.5, 0.6) is 0 Å². The van der Waals surface area contributed by atoms with Crippen LogP contribution in [0.3, 0.4) is 0 Å². The van der Waals surface area contributed by atoms with Gasteiger partial charge in [0.2, 0.25) is 0 Å². The lowest BCUT2D eigenvalue weighted by Crippen LogP contribution is -2.00. The molecule has 2 rings (SSSR count). The second kappa shape index (κ2) is 4.95. The van der Waals surface area contributed by atoms with Crippen LogP contribution in [-0.4, -0.2) is 0 Å². The summed E-state index contributed by atoms with van der Waals surface area (Å²) in [5.41, 5.74) is 2.13. The van der Waals surface area contributed by atoms with Crippen molar-refractivity contribution in [2.24, 2.45) is 0 Å². The summed E-state index contributed by atoms with van der Waals surface area (Å²) < 4.78 is 26.2. The molecule has 2 aromatic rings. The summed E-state index contributed by atoms with van der Waals surface area (Å²) in [6, 6.07) is 11.3. The molecule has 0 saturated heterocycles. The first-order chi connectivity index (χ1) is 8.15. The van der Waals surface area contributed by atoms with Crippen LogP contribution >= 0.6 is 0 Å². The first kappa shape index (κ1) is 11.6. The molecule has 0 aliphatic rings. The zero-order valence-corrected chi connectivity index (χ0v) is 9.50. The summed E-state index contributed by atoms with van der Waals surface area (Å²) in [7, 11) is 0. The van der Waals surface area contributed by atoms with Gasteiger partial charge in [-0.05, 0) is 42.3 Å². The van der Waals surface area contributed by atoms with Gasteiger partial charge in [-0.1, -0.05) is 18.2 Å². The van der Waals surface area contributed by atoms with Crippen LogP contribution in [0, 0.1) is 18.6 Å². The van der Waals surface area contributed by atoms with Gasteiger partial charge < -0.3 is 5.32 Å². The van der Waals surface area contributed by atoms with Gasteiger partial charge in [-0.15, -0.1) is 0 Å². The number of nitrogens with one attached hydrogen (secondary N) is 1. The minimum absolute atomic E-state index is 0.241. The highest BCUT2D eigenvalue weighted by molar-refractivity contribution is 5.45. The molecule has 0 radical (unpaired) electrons. The van der Waals surface area contributed by atoms with Crippen LogP contribution in [0.25, 0.3) is 0 Å². The zero-order chi connectivity index (χ0) is 12.3. The third kappa shape index (κ3) is 3.03. The lowest BCUT2D eigenvalue weighted by atomic mass is 10.2. The Balaban J connectivity index is 2.05. The molecule has 3 heteroatoms. The summed E-state index contributed by atoms with van der Waals surface area (Å²) in [5, 5.41) is 3.05. The molecule has 1 nitrogen and oxygen atoms in total. The molecule has 88 valence electrons. The van der Waals surface area contributed by atoms with Crippen molar-refractivity contribution >= 4 is 5.69 Å². The van der Waals surface area contributed by atoms with Gasteiger partial charge in [0, 0.05) is 12.2 Å². The normalized spacial score (nSPS) is 10.3. The van der Waals surface area contributed by atoms with Crippen LogP contribution in [0.4, 0.5) is 14.5 Å². The van der Waals surface area contributed by atoms with E-state index in [0.29, 0.717) is 17.8 Å². The lowest BCUT2D eigenvalue weighted by Gasteiger charge is -2.07. The minimum atomic E-state index is -0.264. The molecule has 0 aromatic heterocycles. The van der Waals surface area contributed by atoms with Crippen LogP contribution in [0.15, 0.2) is 42.5 Å². The summed E-state index contributed by atoms with van der Waals surface area (Å²) in [6.45, 7) is 2.19. The highest BCUT2D eigenvalue weighted by Gasteiger charge is 1.99. The Morgan fingerprint density at radius 3 is 2.59 bits per heavy atom. The SMILES string of the molecule is Cc1ccc(NCc2cccc(F)c2)cc1F. The summed E-state index contributed by atoms with van der Waals surface area (Å²) in [5.74, 6) is -0.506. The van der Waals surface area contributed by atoms with E-state index in [1.54, 1.807) is 25.1 Å². The number of hydrogen-bond donors (Lipinski definition) is 1. The van der Waals surface area contributed by atoms with Crippen molar-refractivity contribution in [3.05, 3.63) is 65.2 Å². The quantitative estimate of drug-likeness (QED) is 0.848. The van der Waals surface area contributed by atoms with Gasteiger partial charge in [0.25, 0.3) is 0 Å². The standard InChI is InChI=1S/C14H13F2N/c1-10-5-6-13(8-14(10)16)17-9-11-3-2-4-12(15)7-11/h2-8,17H,9H2,1H3. The molecule has 0 fully saturated rings. The molecule has 0 atom stereocenters. The van der Waals surface area contributed by atoms with Gasteiger partial charge in [0.1, 0.15) is 11.6 Å². The summed E-state index contributed by atoms with van der Waals surface area (Å²) in [4.78, 5) is 0. The van der Waals surface area contributed by atoms with Gasteiger partial charge in [0.05, 0.1) is 0 Å². The molecule has 0 amide bonds. The molecule has 0 spiro atoms. The highest BCUT2D eigenvalue weighted by atomic mass is 19.1. The molecule has 17 heavy (non-hydrogen) atoms. The van der Waals surface area contributed by atoms with E-state index in [9.17, 15) is 8.78 Å². The lowest BCUT2D eigenvalue weighted by molar-refractivity contribution is 0.618. The number of benzene rings is 2. The van der Waals surface area contributed by atoms with Gasteiger partial charge in [-0.2, -0.15) is 0 Å². The van der Waals surface area contributed by atoms with Crippen molar-refractivity contribution in [1.82, 2.24) is 0 Å². The second-order valence-electron chi connectivity index (χ2n) is 3.95. The molecule has 0 heterocycles. The fourth-order valence-electron chi connectivity index (χ4n) is 1.55. The van der Waals surface area contributed by atoms with Gasteiger partial charge in [-0.3, -0.25) is 0 Å². The van der Waals surface area contributed by atoms with E-state index in [-0.39, 0.29) is 11.6 Å². The minimum Gasteiger partial charge on any atom is -0.381 e. The maximum atomic E-state index is 13.3. The van der Waals surface area contributed by atoms with E-state index in [4.69, 9.17) is 0 Å². The summed E-state index contributed by atoms with van der Waals surface area (Å²) >= 11 is 0. The Bertz CT molecular complexity index is 523. The average Bonchev–Trinajstić information content (AvgIpc) is 2.31. The number of halogens is 2. The maximum Gasteiger partial charge on any atom is 0.128 e. The third-order valence-electron chi connectivity index (χ3n) is 2.56. The van der Waals surface area contributed by atoms with Crippen molar-refractivity contribution in [2.45, 2.75) is 13.5 Å². The monoisotopic (exact) mass is 233 g/mol. The van der Waals surface area contributed by atoms with E-state index < -0.39 is 0 Å². The molecule has 0 unspecified atom stereocenters. The number of hydrogen-bond acceptors (Lipinski definition) is 1. The van der Waals surface area contributed by atoms with Gasteiger partial charge >= 0.3 is 0 Å². The Morgan fingerprint density at radius 2 is 1.88 bits per heavy atom. The zero-order valence-electron chi connectivity index (χ0n) is 9.50. The van der Waals surface area contributed by atoms with Crippen molar-refractivity contribution < 1.29 is 8.78 Å². The van der Waals surface area contributed by atoms with E-state index in [2.05, 4.69) is 5.32 Å². The molecular weight excluding hydrogens is 220 g/mol. The van der Waals surface area contributed by atoms with Gasteiger partial charge in [0.15, 0.2) is 0 Å². The van der Waals surface area contributed by atoms with Crippen LogP contribution in [0.2, 0.25) is 0 Å². The van der Waals surface area contributed by atoms with Crippen molar-refractivity contribution in [3.63, 3.8) is 0 Å². The fraction of sp³-hybridized carbons (Fsp3) is 0.143. The molecule has 1 N–H and O–H groups in total. The van der Waals surface area contributed by atoms with Crippen molar-refractivity contribution in [2.75, 3.05) is 5.32 Å². The van der Waals surface area contributed by atoms with Crippen LogP contribution < -0.4 is 5.32 Å². The highest BCUT2D eigenvalue weighted by Crippen LogP contribution is 2.14. The van der Waals surface area contributed by atoms with E-state index >= 15 is 0 Å². The fourth-order valence-corrected chi connectivity index (χ4v) is 1.55. The molecule has 0 saturated carbocycles. The van der Waals surface area contributed by atoms with E-state index in [1.807, 2.05) is 6.07 Å². The first-order valence-electron chi connectivity index (χ1n) is 5.39.